The maximum atomic E-state index is 13.3. The van der Waals surface area contributed by atoms with Gasteiger partial charge >= 0.3 is 0 Å². The molecule has 1 aliphatic rings. The van der Waals surface area contributed by atoms with Gasteiger partial charge in [-0.2, -0.15) is 0 Å². The molecule has 2 nitrogen and oxygen atoms in total. The van der Waals surface area contributed by atoms with E-state index in [1.54, 1.807) is 0 Å². The zero-order chi connectivity index (χ0) is 9.47. The Morgan fingerprint density at radius 3 is 2.62 bits per heavy atom. The molecule has 1 unspecified atom stereocenters. The molecule has 1 aliphatic carbocycles. The summed E-state index contributed by atoms with van der Waals surface area (Å²) in [6.45, 7) is 0. The van der Waals surface area contributed by atoms with Gasteiger partial charge in [-0.15, -0.1) is 0 Å². The highest BCUT2D eigenvalue weighted by Crippen LogP contribution is 2.49. The van der Waals surface area contributed by atoms with Crippen molar-refractivity contribution < 1.29 is 13.9 Å². The van der Waals surface area contributed by atoms with Gasteiger partial charge in [0.2, 0.25) is 0 Å². The van der Waals surface area contributed by atoms with Gasteiger partial charge in [-0.3, -0.25) is 4.98 Å². The molecule has 70 valence electrons. The lowest BCUT2D eigenvalue weighted by molar-refractivity contribution is 0.0573. The summed E-state index contributed by atoms with van der Waals surface area (Å²) in [7, 11) is 0. The fourth-order valence-corrected chi connectivity index (χ4v) is 1.21. The van der Waals surface area contributed by atoms with Crippen LogP contribution in [-0.2, 0) is 0 Å². The van der Waals surface area contributed by atoms with Gasteiger partial charge in [0.05, 0.1) is 11.9 Å². The molecule has 0 bridgehead atoms. The standard InChI is InChI=1S/C9H9F2NO/c10-6-1-2-7(12-5-6)8(13)9(11)3-4-9/h1-2,5,8,13H,3-4H2. The average Bonchev–Trinajstić information content (AvgIpc) is 2.85. The van der Waals surface area contributed by atoms with Crippen molar-refractivity contribution in [1.82, 2.24) is 4.98 Å². The van der Waals surface area contributed by atoms with Crippen LogP contribution in [0.4, 0.5) is 8.78 Å². The maximum absolute atomic E-state index is 13.3. The fourth-order valence-electron chi connectivity index (χ4n) is 1.21. The molecule has 1 N–H and O–H groups in total. The Balaban J connectivity index is 2.20. The Morgan fingerprint density at radius 1 is 1.46 bits per heavy atom. The molecular weight excluding hydrogens is 176 g/mol. The number of hydrogen-bond donors (Lipinski definition) is 1. The van der Waals surface area contributed by atoms with Crippen molar-refractivity contribution in [2.45, 2.75) is 24.6 Å². The summed E-state index contributed by atoms with van der Waals surface area (Å²) in [5.74, 6) is -0.486. The molecule has 0 amide bonds. The molecule has 0 spiro atoms. The SMILES string of the molecule is OC(c1ccc(F)cn1)C1(F)CC1. The van der Waals surface area contributed by atoms with Crippen LogP contribution in [0.25, 0.3) is 0 Å². The van der Waals surface area contributed by atoms with Crippen LogP contribution in [-0.4, -0.2) is 15.8 Å². The minimum absolute atomic E-state index is 0.196. The van der Waals surface area contributed by atoms with Crippen molar-refractivity contribution in [1.29, 1.82) is 0 Å². The molecule has 0 radical (unpaired) electrons. The minimum Gasteiger partial charge on any atom is -0.383 e. The van der Waals surface area contributed by atoms with E-state index in [1.165, 1.54) is 6.07 Å². The van der Waals surface area contributed by atoms with Crippen LogP contribution < -0.4 is 0 Å². The Kier molecular flexibility index (Phi) is 1.80. The topological polar surface area (TPSA) is 33.1 Å². The van der Waals surface area contributed by atoms with E-state index in [0.29, 0.717) is 12.8 Å². The summed E-state index contributed by atoms with van der Waals surface area (Å²) >= 11 is 0. The third kappa shape index (κ3) is 1.54. The largest absolute Gasteiger partial charge is 0.383 e. The van der Waals surface area contributed by atoms with Crippen LogP contribution >= 0.6 is 0 Å². The number of hydrogen-bond acceptors (Lipinski definition) is 2. The molecule has 0 aromatic carbocycles. The molecule has 1 atom stereocenters. The Hall–Kier alpha value is -1.03. The van der Waals surface area contributed by atoms with Crippen molar-refractivity contribution in [3.05, 3.63) is 29.8 Å². The summed E-state index contributed by atoms with van der Waals surface area (Å²) in [6, 6.07) is 2.47. The third-order valence-electron chi connectivity index (χ3n) is 2.25. The molecule has 4 heteroatoms. The molecule has 1 heterocycles. The van der Waals surface area contributed by atoms with E-state index >= 15 is 0 Å². The molecule has 1 saturated carbocycles. The summed E-state index contributed by atoms with van der Waals surface area (Å²) in [4.78, 5) is 3.62. The van der Waals surface area contributed by atoms with Crippen molar-refractivity contribution in [3.63, 3.8) is 0 Å². The molecule has 1 aromatic rings. The van der Waals surface area contributed by atoms with Gasteiger partial charge in [0.15, 0.2) is 0 Å². The molecule has 0 saturated heterocycles. The van der Waals surface area contributed by atoms with Gasteiger partial charge in [-0.05, 0) is 25.0 Å². The first-order valence-corrected chi connectivity index (χ1v) is 4.10. The molecular formula is C9H9F2NO. The normalized spacial score (nSPS) is 21.2. The second-order valence-corrected chi connectivity index (χ2v) is 3.34. The quantitative estimate of drug-likeness (QED) is 0.761. The predicted octanol–water partition coefficient (Wildman–Crippen LogP) is 1.76. The van der Waals surface area contributed by atoms with Crippen LogP contribution in [0.15, 0.2) is 18.3 Å². The highest BCUT2D eigenvalue weighted by Gasteiger charge is 2.51. The van der Waals surface area contributed by atoms with Gasteiger partial charge < -0.3 is 5.11 Å². The highest BCUT2D eigenvalue weighted by atomic mass is 19.1. The van der Waals surface area contributed by atoms with E-state index in [0.717, 1.165) is 12.3 Å². The average molecular weight is 185 g/mol. The van der Waals surface area contributed by atoms with Crippen LogP contribution in [0, 0.1) is 5.82 Å². The maximum Gasteiger partial charge on any atom is 0.142 e. The van der Waals surface area contributed by atoms with Crippen molar-refractivity contribution in [2.24, 2.45) is 0 Å². The Bertz CT molecular complexity index is 308. The first kappa shape index (κ1) is 8.56. The van der Waals surface area contributed by atoms with Gasteiger partial charge in [0, 0.05) is 0 Å². The Morgan fingerprint density at radius 2 is 2.15 bits per heavy atom. The van der Waals surface area contributed by atoms with Gasteiger partial charge in [0.25, 0.3) is 0 Å². The first-order valence-electron chi connectivity index (χ1n) is 4.10. The highest BCUT2D eigenvalue weighted by molar-refractivity contribution is 5.16. The van der Waals surface area contributed by atoms with Gasteiger partial charge in [0.1, 0.15) is 17.6 Å². The second-order valence-electron chi connectivity index (χ2n) is 3.34. The van der Waals surface area contributed by atoms with E-state index in [1.807, 2.05) is 0 Å². The number of aliphatic hydroxyl groups is 1. The summed E-state index contributed by atoms with van der Waals surface area (Å²) in [5, 5.41) is 9.45. The van der Waals surface area contributed by atoms with Crippen molar-refractivity contribution in [3.8, 4) is 0 Å². The summed E-state index contributed by atoms with van der Waals surface area (Å²) in [6.07, 6.45) is 0.471. The number of pyridine rings is 1. The second kappa shape index (κ2) is 2.73. The van der Waals surface area contributed by atoms with Crippen LogP contribution in [0.2, 0.25) is 0 Å². The minimum atomic E-state index is -1.52. The lowest BCUT2D eigenvalue weighted by atomic mass is 10.1. The lowest BCUT2D eigenvalue weighted by Crippen LogP contribution is -2.15. The molecule has 13 heavy (non-hydrogen) atoms. The van der Waals surface area contributed by atoms with Gasteiger partial charge in [-0.25, -0.2) is 8.78 Å². The smallest absolute Gasteiger partial charge is 0.142 e. The number of aliphatic hydroxyl groups excluding tert-OH is 1. The molecule has 2 rings (SSSR count). The first-order chi connectivity index (χ1) is 6.12. The number of alkyl halides is 1. The Labute approximate surface area is 74.2 Å². The fraction of sp³-hybridized carbons (Fsp3) is 0.444. The van der Waals surface area contributed by atoms with Crippen LogP contribution in [0.5, 0.6) is 0 Å². The predicted molar refractivity (Wildman–Crippen MR) is 42.2 cm³/mol. The lowest BCUT2D eigenvalue weighted by Gasteiger charge is -2.12. The van der Waals surface area contributed by atoms with E-state index in [4.69, 9.17) is 0 Å². The summed E-state index contributed by atoms with van der Waals surface area (Å²) in [5.41, 5.74) is -1.33. The van der Waals surface area contributed by atoms with E-state index in [9.17, 15) is 13.9 Å². The monoisotopic (exact) mass is 185 g/mol. The van der Waals surface area contributed by atoms with Crippen LogP contribution in [0.1, 0.15) is 24.6 Å². The molecule has 0 aliphatic heterocycles. The summed E-state index contributed by atoms with van der Waals surface area (Å²) < 4.78 is 25.7. The number of halogens is 2. The van der Waals surface area contributed by atoms with Gasteiger partial charge in [-0.1, -0.05) is 0 Å². The van der Waals surface area contributed by atoms with Crippen molar-refractivity contribution >= 4 is 0 Å². The molecule has 1 fully saturated rings. The number of aromatic nitrogens is 1. The molecule has 1 aromatic heterocycles. The van der Waals surface area contributed by atoms with Crippen LogP contribution in [0.3, 0.4) is 0 Å². The third-order valence-corrected chi connectivity index (χ3v) is 2.25. The van der Waals surface area contributed by atoms with Crippen molar-refractivity contribution in [2.75, 3.05) is 0 Å². The van der Waals surface area contributed by atoms with E-state index in [2.05, 4.69) is 4.98 Å². The van der Waals surface area contributed by atoms with E-state index < -0.39 is 17.6 Å². The number of rotatable bonds is 2. The zero-order valence-corrected chi connectivity index (χ0v) is 6.87. The van der Waals surface area contributed by atoms with E-state index in [-0.39, 0.29) is 5.69 Å². The zero-order valence-electron chi connectivity index (χ0n) is 6.87. The number of nitrogens with zero attached hydrogens (tertiary/aromatic N) is 1.